The highest BCUT2D eigenvalue weighted by atomic mass is 14.5. The van der Waals surface area contributed by atoms with Gasteiger partial charge in [0, 0.05) is 5.41 Å². The molecule has 0 saturated carbocycles. The van der Waals surface area contributed by atoms with Crippen molar-refractivity contribution in [1.29, 1.82) is 0 Å². The quantitative estimate of drug-likeness (QED) is 0.446. The second-order valence-electron chi connectivity index (χ2n) is 9.33. The molecule has 0 radical (unpaired) electrons. The second-order valence-corrected chi connectivity index (χ2v) is 9.33. The van der Waals surface area contributed by atoms with E-state index in [2.05, 4.69) is 99.6 Å². The molecule has 138 valence electrons. The zero-order valence-corrected chi connectivity index (χ0v) is 18.0. The molecule has 0 saturated heterocycles. The third-order valence-corrected chi connectivity index (χ3v) is 7.97. The zero-order valence-electron chi connectivity index (χ0n) is 18.0. The van der Waals surface area contributed by atoms with Gasteiger partial charge in [0.05, 0.1) is 0 Å². The van der Waals surface area contributed by atoms with Crippen molar-refractivity contribution in [1.82, 2.24) is 0 Å². The van der Waals surface area contributed by atoms with E-state index in [0.29, 0.717) is 17.8 Å². The molecule has 0 aliphatic heterocycles. The fraction of sp³-hybridized carbons (Fsp3) is 0.750. The molecule has 0 heterocycles. The summed E-state index contributed by atoms with van der Waals surface area (Å²) < 4.78 is 0. The second kappa shape index (κ2) is 7.63. The SMILES string of the molecule is CCC(C)(C1=CC=CC(C)(C(C)(CC)C(C)C)C=C1)C(C)C(C)C. The average molecular weight is 331 g/mol. The summed E-state index contributed by atoms with van der Waals surface area (Å²) in [6.07, 6.45) is 14.5. The largest absolute Gasteiger partial charge is 0.0742 e. The predicted octanol–water partition coefficient (Wildman–Crippen LogP) is 7.83. The van der Waals surface area contributed by atoms with E-state index >= 15 is 0 Å². The lowest BCUT2D eigenvalue weighted by atomic mass is 9.58. The maximum absolute atomic E-state index is 2.49. The van der Waals surface area contributed by atoms with E-state index in [0.717, 1.165) is 0 Å². The Bertz CT molecular complexity index is 504. The van der Waals surface area contributed by atoms with Crippen LogP contribution in [0.25, 0.3) is 0 Å². The Morgan fingerprint density at radius 2 is 1.54 bits per heavy atom. The first-order valence-electron chi connectivity index (χ1n) is 10.1. The predicted molar refractivity (Wildman–Crippen MR) is 110 cm³/mol. The smallest absolute Gasteiger partial charge is 0.00950 e. The third kappa shape index (κ3) is 3.58. The molecular weight excluding hydrogens is 288 g/mol. The molecule has 0 amide bonds. The van der Waals surface area contributed by atoms with Crippen molar-refractivity contribution in [2.45, 2.75) is 82.1 Å². The molecule has 0 N–H and O–H groups in total. The molecule has 0 aromatic heterocycles. The van der Waals surface area contributed by atoms with Crippen molar-refractivity contribution >= 4 is 0 Å². The first-order chi connectivity index (χ1) is 11.0. The van der Waals surface area contributed by atoms with Gasteiger partial charge in [-0.15, -0.1) is 0 Å². The minimum absolute atomic E-state index is 0.101. The van der Waals surface area contributed by atoms with Crippen LogP contribution < -0.4 is 0 Å². The van der Waals surface area contributed by atoms with Crippen LogP contribution in [0.3, 0.4) is 0 Å². The summed E-state index contributed by atoms with van der Waals surface area (Å²) >= 11 is 0. The van der Waals surface area contributed by atoms with Gasteiger partial charge in [-0.05, 0) is 47.0 Å². The van der Waals surface area contributed by atoms with E-state index < -0.39 is 0 Å². The first kappa shape index (κ1) is 21.3. The van der Waals surface area contributed by atoms with Crippen LogP contribution in [-0.2, 0) is 0 Å². The molecule has 4 unspecified atom stereocenters. The molecule has 0 aromatic carbocycles. The molecule has 0 heteroatoms. The van der Waals surface area contributed by atoms with E-state index in [9.17, 15) is 0 Å². The van der Waals surface area contributed by atoms with Gasteiger partial charge >= 0.3 is 0 Å². The van der Waals surface area contributed by atoms with Crippen molar-refractivity contribution in [2.75, 3.05) is 0 Å². The molecule has 0 bridgehead atoms. The summed E-state index contributed by atoms with van der Waals surface area (Å²) in [6, 6.07) is 0. The Hall–Kier alpha value is -0.780. The standard InChI is InChI=1S/C24H42/c1-11-23(9,20(7)18(3)4)21-14-13-16-22(8,17-15-21)24(10,12-2)19(5)6/h13-20H,11-12H2,1-10H3. The summed E-state index contributed by atoms with van der Waals surface area (Å²) in [7, 11) is 0. The fourth-order valence-electron chi connectivity index (χ4n) is 4.42. The molecule has 4 atom stereocenters. The lowest BCUT2D eigenvalue weighted by molar-refractivity contribution is 0.0940. The van der Waals surface area contributed by atoms with Gasteiger partial charge in [-0.1, -0.05) is 99.6 Å². The first-order valence-corrected chi connectivity index (χ1v) is 10.1. The van der Waals surface area contributed by atoms with E-state index in [1.54, 1.807) is 0 Å². The topological polar surface area (TPSA) is 0 Å². The van der Waals surface area contributed by atoms with Crippen molar-refractivity contribution < 1.29 is 0 Å². The van der Waals surface area contributed by atoms with Crippen LogP contribution in [0.4, 0.5) is 0 Å². The number of allylic oxidation sites excluding steroid dienone is 6. The summed E-state index contributed by atoms with van der Waals surface area (Å²) in [6.45, 7) is 23.8. The minimum atomic E-state index is 0.101. The van der Waals surface area contributed by atoms with E-state index in [1.165, 1.54) is 18.4 Å². The highest BCUT2D eigenvalue weighted by molar-refractivity contribution is 5.37. The van der Waals surface area contributed by atoms with Crippen LogP contribution in [0.15, 0.2) is 36.0 Å². The lowest BCUT2D eigenvalue weighted by Crippen LogP contribution is -2.38. The normalized spacial score (nSPS) is 27.6. The highest BCUT2D eigenvalue weighted by Crippen LogP contribution is 2.51. The maximum atomic E-state index is 2.49. The van der Waals surface area contributed by atoms with Gasteiger partial charge in [0.2, 0.25) is 0 Å². The van der Waals surface area contributed by atoms with Gasteiger partial charge in [0.25, 0.3) is 0 Å². The van der Waals surface area contributed by atoms with Gasteiger partial charge in [-0.3, -0.25) is 0 Å². The Labute approximate surface area is 152 Å². The Balaban J connectivity index is 3.29. The average Bonchev–Trinajstić information content (AvgIpc) is 2.75. The van der Waals surface area contributed by atoms with Gasteiger partial charge in [0.1, 0.15) is 0 Å². The van der Waals surface area contributed by atoms with E-state index in [-0.39, 0.29) is 16.2 Å². The monoisotopic (exact) mass is 330 g/mol. The van der Waals surface area contributed by atoms with Crippen molar-refractivity contribution in [3.63, 3.8) is 0 Å². The van der Waals surface area contributed by atoms with E-state index in [4.69, 9.17) is 0 Å². The third-order valence-electron chi connectivity index (χ3n) is 7.97. The van der Waals surface area contributed by atoms with Crippen molar-refractivity contribution in [3.8, 4) is 0 Å². The summed E-state index contributed by atoms with van der Waals surface area (Å²) in [5.74, 6) is 2.01. The minimum Gasteiger partial charge on any atom is -0.0742 e. The van der Waals surface area contributed by atoms with Gasteiger partial charge in [-0.25, -0.2) is 0 Å². The van der Waals surface area contributed by atoms with Gasteiger partial charge < -0.3 is 0 Å². The Kier molecular flexibility index (Phi) is 6.76. The molecule has 1 aliphatic rings. The van der Waals surface area contributed by atoms with Crippen LogP contribution in [0, 0.1) is 34.0 Å². The lowest BCUT2D eigenvalue weighted by Gasteiger charge is -2.46. The fourth-order valence-corrected chi connectivity index (χ4v) is 4.42. The maximum Gasteiger partial charge on any atom is 0.00950 e. The van der Waals surface area contributed by atoms with Crippen LogP contribution >= 0.6 is 0 Å². The summed E-state index contributed by atoms with van der Waals surface area (Å²) in [4.78, 5) is 0. The molecule has 0 nitrogen and oxygen atoms in total. The van der Waals surface area contributed by atoms with Gasteiger partial charge in [0.15, 0.2) is 0 Å². The van der Waals surface area contributed by atoms with Crippen molar-refractivity contribution in [3.05, 3.63) is 36.0 Å². The number of hydrogen-bond acceptors (Lipinski definition) is 0. The Morgan fingerprint density at radius 3 is 1.96 bits per heavy atom. The molecule has 0 fully saturated rings. The van der Waals surface area contributed by atoms with Gasteiger partial charge in [-0.2, -0.15) is 0 Å². The molecule has 0 aromatic rings. The summed E-state index contributed by atoms with van der Waals surface area (Å²) in [5.41, 5.74) is 2.11. The molecule has 0 spiro atoms. The molecule has 1 rings (SSSR count). The van der Waals surface area contributed by atoms with E-state index in [1.807, 2.05) is 0 Å². The number of hydrogen-bond donors (Lipinski definition) is 0. The Morgan fingerprint density at radius 1 is 0.958 bits per heavy atom. The summed E-state index contributed by atoms with van der Waals surface area (Å²) in [5, 5.41) is 0. The van der Waals surface area contributed by atoms with Crippen LogP contribution in [0.1, 0.15) is 82.1 Å². The molecular formula is C24H42. The highest BCUT2D eigenvalue weighted by Gasteiger charge is 2.43. The van der Waals surface area contributed by atoms with Crippen LogP contribution in [0.2, 0.25) is 0 Å². The van der Waals surface area contributed by atoms with Crippen LogP contribution in [-0.4, -0.2) is 0 Å². The zero-order chi connectivity index (χ0) is 18.8. The molecule has 24 heavy (non-hydrogen) atoms. The number of rotatable bonds is 7. The van der Waals surface area contributed by atoms with Crippen LogP contribution in [0.5, 0.6) is 0 Å². The van der Waals surface area contributed by atoms with Crippen molar-refractivity contribution in [2.24, 2.45) is 34.0 Å². The molecule has 1 aliphatic carbocycles.